The molecule has 1 atom stereocenters. The van der Waals surface area contributed by atoms with Gasteiger partial charge >= 0.3 is 0 Å². The van der Waals surface area contributed by atoms with Crippen molar-refractivity contribution in [3.8, 4) is 11.3 Å². The van der Waals surface area contributed by atoms with E-state index in [-0.39, 0.29) is 11.5 Å². The van der Waals surface area contributed by atoms with Gasteiger partial charge in [0, 0.05) is 17.3 Å². The van der Waals surface area contributed by atoms with Crippen LogP contribution in [-0.2, 0) is 4.79 Å². The molecule has 0 saturated heterocycles. The summed E-state index contributed by atoms with van der Waals surface area (Å²) < 4.78 is 1.24. The van der Waals surface area contributed by atoms with Gasteiger partial charge in [-0.3, -0.25) is 9.59 Å². The Morgan fingerprint density at radius 1 is 1.00 bits per heavy atom. The number of nitrogens with one attached hydrogen (secondary N) is 1. The second kappa shape index (κ2) is 7.58. The summed E-state index contributed by atoms with van der Waals surface area (Å²) in [6.45, 7) is 7.61. The molecule has 27 heavy (non-hydrogen) atoms. The van der Waals surface area contributed by atoms with Crippen LogP contribution in [0, 0.1) is 20.8 Å². The summed E-state index contributed by atoms with van der Waals surface area (Å²) >= 11 is 0. The number of nitrogens with zero attached hydrogens (tertiary/aromatic N) is 2. The van der Waals surface area contributed by atoms with Gasteiger partial charge in [-0.05, 0) is 57.0 Å². The van der Waals surface area contributed by atoms with Crippen molar-refractivity contribution in [2.75, 3.05) is 5.32 Å². The fraction of sp³-hybridized carbons (Fsp3) is 0.227. The molecule has 5 nitrogen and oxygen atoms in total. The molecule has 0 aliphatic heterocycles. The molecule has 0 bridgehead atoms. The molecule has 0 radical (unpaired) electrons. The minimum atomic E-state index is -0.734. The molecule has 0 aliphatic rings. The van der Waals surface area contributed by atoms with Crippen LogP contribution in [0.25, 0.3) is 11.3 Å². The Balaban J connectivity index is 1.94. The number of anilines is 1. The molecule has 0 fully saturated rings. The van der Waals surface area contributed by atoms with Crippen LogP contribution in [0.5, 0.6) is 0 Å². The van der Waals surface area contributed by atoms with Gasteiger partial charge in [0.2, 0.25) is 5.91 Å². The van der Waals surface area contributed by atoms with Crippen molar-refractivity contribution >= 4 is 11.6 Å². The summed E-state index contributed by atoms with van der Waals surface area (Å²) in [6, 6.07) is 16.0. The summed E-state index contributed by atoms with van der Waals surface area (Å²) in [7, 11) is 0. The Kier molecular flexibility index (Phi) is 5.21. The van der Waals surface area contributed by atoms with Gasteiger partial charge in [-0.25, -0.2) is 4.68 Å². The quantitative estimate of drug-likeness (QED) is 0.763. The van der Waals surface area contributed by atoms with Crippen LogP contribution in [-0.4, -0.2) is 15.7 Å². The molecule has 3 aromatic rings. The van der Waals surface area contributed by atoms with E-state index < -0.39 is 6.04 Å². The molecule has 5 heteroatoms. The van der Waals surface area contributed by atoms with Gasteiger partial charge in [0.05, 0.1) is 5.69 Å². The Morgan fingerprint density at radius 2 is 1.74 bits per heavy atom. The number of aromatic nitrogens is 2. The van der Waals surface area contributed by atoms with Gasteiger partial charge in [0.1, 0.15) is 6.04 Å². The maximum Gasteiger partial charge on any atom is 0.267 e. The highest BCUT2D eigenvalue weighted by atomic mass is 16.2. The summed E-state index contributed by atoms with van der Waals surface area (Å²) in [5.41, 5.74) is 5.18. The zero-order valence-electron chi connectivity index (χ0n) is 16.0. The van der Waals surface area contributed by atoms with Crippen molar-refractivity contribution in [2.45, 2.75) is 33.7 Å². The second-order valence-electron chi connectivity index (χ2n) is 6.80. The third-order valence-electron chi connectivity index (χ3n) is 4.64. The van der Waals surface area contributed by atoms with Crippen LogP contribution in [0.15, 0.2) is 59.4 Å². The van der Waals surface area contributed by atoms with Crippen LogP contribution < -0.4 is 10.9 Å². The van der Waals surface area contributed by atoms with E-state index in [1.165, 1.54) is 10.7 Å². The SMILES string of the molecule is Cc1ccc(C)c(-c2ccc(=O)n([C@H](C)C(=O)Nc3ccccc3C)n2)c1. The van der Waals surface area contributed by atoms with Crippen LogP contribution in [0.3, 0.4) is 0 Å². The number of para-hydroxylation sites is 1. The molecule has 1 N–H and O–H groups in total. The number of carbonyl (C=O) groups is 1. The Labute approximate surface area is 158 Å². The fourth-order valence-corrected chi connectivity index (χ4v) is 2.92. The lowest BCUT2D eigenvalue weighted by Crippen LogP contribution is -2.33. The number of hydrogen-bond donors (Lipinski definition) is 1. The van der Waals surface area contributed by atoms with Crippen molar-refractivity contribution in [3.05, 3.63) is 81.6 Å². The van der Waals surface area contributed by atoms with Gasteiger partial charge in [-0.15, -0.1) is 0 Å². The molecular weight excluding hydrogens is 338 g/mol. The largest absolute Gasteiger partial charge is 0.324 e. The first-order valence-electron chi connectivity index (χ1n) is 8.91. The van der Waals surface area contributed by atoms with Crippen molar-refractivity contribution in [2.24, 2.45) is 0 Å². The average Bonchev–Trinajstić information content (AvgIpc) is 2.65. The predicted octanol–water partition coefficient (Wildman–Crippen LogP) is 4.04. The van der Waals surface area contributed by atoms with Crippen molar-refractivity contribution in [1.29, 1.82) is 0 Å². The van der Waals surface area contributed by atoms with Gasteiger partial charge in [-0.2, -0.15) is 5.10 Å². The van der Waals surface area contributed by atoms with Crippen LogP contribution >= 0.6 is 0 Å². The molecule has 138 valence electrons. The Bertz CT molecular complexity index is 1050. The first-order valence-corrected chi connectivity index (χ1v) is 8.91. The zero-order valence-corrected chi connectivity index (χ0v) is 16.0. The van der Waals surface area contributed by atoms with E-state index in [9.17, 15) is 9.59 Å². The van der Waals surface area contributed by atoms with Crippen LogP contribution in [0.1, 0.15) is 29.7 Å². The normalized spacial score (nSPS) is 11.9. The number of carbonyl (C=O) groups excluding carboxylic acids is 1. The number of aryl methyl sites for hydroxylation is 3. The third kappa shape index (κ3) is 3.97. The second-order valence-corrected chi connectivity index (χ2v) is 6.80. The van der Waals surface area contributed by atoms with Crippen molar-refractivity contribution in [3.63, 3.8) is 0 Å². The summed E-state index contributed by atoms with van der Waals surface area (Å²) in [6.07, 6.45) is 0. The Morgan fingerprint density at radius 3 is 2.48 bits per heavy atom. The van der Waals surface area contributed by atoms with E-state index in [0.717, 1.165) is 27.9 Å². The first kappa shape index (κ1) is 18.6. The highest BCUT2D eigenvalue weighted by Crippen LogP contribution is 2.22. The van der Waals surface area contributed by atoms with E-state index in [1.54, 1.807) is 13.0 Å². The highest BCUT2D eigenvalue weighted by molar-refractivity contribution is 5.94. The molecule has 3 rings (SSSR count). The molecule has 0 spiro atoms. The first-order chi connectivity index (χ1) is 12.9. The maximum atomic E-state index is 12.7. The lowest BCUT2D eigenvalue weighted by molar-refractivity contribution is -0.119. The van der Waals surface area contributed by atoms with E-state index in [2.05, 4.69) is 10.4 Å². The fourth-order valence-electron chi connectivity index (χ4n) is 2.92. The number of benzene rings is 2. The monoisotopic (exact) mass is 361 g/mol. The average molecular weight is 361 g/mol. The van der Waals surface area contributed by atoms with Crippen molar-refractivity contribution < 1.29 is 4.79 Å². The van der Waals surface area contributed by atoms with Crippen LogP contribution in [0.2, 0.25) is 0 Å². The van der Waals surface area contributed by atoms with E-state index >= 15 is 0 Å². The number of amides is 1. The number of hydrogen-bond acceptors (Lipinski definition) is 3. The van der Waals surface area contributed by atoms with E-state index in [4.69, 9.17) is 0 Å². The lowest BCUT2D eigenvalue weighted by atomic mass is 10.0. The molecule has 0 aliphatic carbocycles. The third-order valence-corrected chi connectivity index (χ3v) is 4.64. The molecule has 1 aromatic heterocycles. The summed E-state index contributed by atoms with van der Waals surface area (Å²) in [5.74, 6) is -0.281. The van der Waals surface area contributed by atoms with Crippen LogP contribution in [0.4, 0.5) is 5.69 Å². The van der Waals surface area contributed by atoms with E-state index in [0.29, 0.717) is 5.69 Å². The summed E-state index contributed by atoms with van der Waals surface area (Å²) in [4.78, 5) is 25.0. The number of rotatable bonds is 4. The molecule has 0 unspecified atom stereocenters. The van der Waals surface area contributed by atoms with Gasteiger partial charge < -0.3 is 5.32 Å². The molecule has 1 amide bonds. The summed E-state index contributed by atoms with van der Waals surface area (Å²) in [5, 5.41) is 7.35. The minimum absolute atomic E-state index is 0.281. The van der Waals surface area contributed by atoms with Gasteiger partial charge in [0.15, 0.2) is 0 Å². The topological polar surface area (TPSA) is 64.0 Å². The zero-order chi connectivity index (χ0) is 19.6. The van der Waals surface area contributed by atoms with Crippen molar-refractivity contribution in [1.82, 2.24) is 9.78 Å². The maximum absolute atomic E-state index is 12.7. The molecule has 2 aromatic carbocycles. The minimum Gasteiger partial charge on any atom is -0.324 e. The predicted molar refractivity (Wildman–Crippen MR) is 108 cm³/mol. The van der Waals surface area contributed by atoms with Gasteiger partial charge in [0.25, 0.3) is 5.56 Å². The highest BCUT2D eigenvalue weighted by Gasteiger charge is 2.19. The van der Waals surface area contributed by atoms with E-state index in [1.807, 2.05) is 63.2 Å². The Hall–Kier alpha value is -3.21. The lowest BCUT2D eigenvalue weighted by Gasteiger charge is -2.16. The smallest absolute Gasteiger partial charge is 0.267 e. The molecular formula is C22H23N3O2. The molecule has 1 heterocycles. The molecule has 0 saturated carbocycles. The van der Waals surface area contributed by atoms with Gasteiger partial charge in [-0.1, -0.05) is 35.9 Å². The standard InChI is InChI=1S/C22H23N3O2/c1-14-9-10-15(2)18(13-14)20-11-12-21(26)25(24-20)17(4)22(27)23-19-8-6-5-7-16(19)3/h5-13,17H,1-4H3,(H,23,27)/t17-/m1/s1.